The summed E-state index contributed by atoms with van der Waals surface area (Å²) in [7, 11) is 1.64. The third-order valence-corrected chi connectivity index (χ3v) is 5.04. The molecule has 2 N–H and O–H groups in total. The third-order valence-electron chi connectivity index (χ3n) is 5.04. The number of methoxy groups -OCH3 is 1. The average molecular weight is 379 g/mol. The molecule has 6 heteroatoms. The number of nitrogens with zero attached hydrogens (tertiary/aromatic N) is 1. The standard InChI is InChI=1S/C22H21NO5/c1-27-17-8-7-14-11-16(6-5-15(14)12-17)20-13-23(9-10-28-20)22(26)18-3-2-4-19(24)21(18)25/h2-8,11-12,20,24-25H,9-10,13H2,1H3/t20-/m1/s1. The van der Waals surface area contributed by atoms with Gasteiger partial charge in [0.2, 0.25) is 0 Å². The van der Waals surface area contributed by atoms with Crippen LogP contribution in [-0.2, 0) is 4.74 Å². The third kappa shape index (κ3) is 3.34. The minimum absolute atomic E-state index is 0.0891. The maximum absolute atomic E-state index is 12.8. The molecule has 0 aliphatic carbocycles. The molecular weight excluding hydrogens is 358 g/mol. The van der Waals surface area contributed by atoms with Gasteiger partial charge in [-0.1, -0.05) is 24.3 Å². The number of carbonyl (C=O) groups excluding carboxylic acids is 1. The smallest absolute Gasteiger partial charge is 0.257 e. The summed E-state index contributed by atoms with van der Waals surface area (Å²) in [6.45, 7) is 1.20. The van der Waals surface area contributed by atoms with Gasteiger partial charge in [0.1, 0.15) is 11.9 Å². The summed E-state index contributed by atoms with van der Waals surface area (Å²) in [5.74, 6) is -0.222. The average Bonchev–Trinajstić information content (AvgIpc) is 2.74. The Morgan fingerprint density at radius 1 is 1.11 bits per heavy atom. The van der Waals surface area contributed by atoms with Gasteiger partial charge in [-0.3, -0.25) is 4.79 Å². The number of aromatic hydroxyl groups is 2. The van der Waals surface area contributed by atoms with Gasteiger partial charge in [0.15, 0.2) is 11.5 Å². The minimum atomic E-state index is -0.393. The van der Waals surface area contributed by atoms with Crippen molar-refractivity contribution < 1.29 is 24.5 Å². The Hall–Kier alpha value is -3.25. The molecule has 6 nitrogen and oxygen atoms in total. The first-order chi connectivity index (χ1) is 13.6. The summed E-state index contributed by atoms with van der Waals surface area (Å²) in [6.07, 6.45) is -0.261. The highest BCUT2D eigenvalue weighted by Gasteiger charge is 2.28. The van der Waals surface area contributed by atoms with Crippen LogP contribution in [0.4, 0.5) is 0 Å². The molecule has 1 aliphatic rings. The van der Waals surface area contributed by atoms with E-state index in [9.17, 15) is 15.0 Å². The first-order valence-corrected chi connectivity index (χ1v) is 9.06. The van der Waals surface area contributed by atoms with Crippen molar-refractivity contribution in [1.29, 1.82) is 0 Å². The lowest BCUT2D eigenvalue weighted by molar-refractivity contribution is -0.0228. The van der Waals surface area contributed by atoms with Gasteiger partial charge in [-0.05, 0) is 46.7 Å². The van der Waals surface area contributed by atoms with Crippen molar-refractivity contribution in [3.05, 3.63) is 65.7 Å². The van der Waals surface area contributed by atoms with E-state index < -0.39 is 5.75 Å². The SMILES string of the molecule is COc1ccc2cc([C@H]3CN(C(=O)c4cccc(O)c4O)CCO3)ccc2c1. The quantitative estimate of drug-likeness (QED) is 0.681. The summed E-state index contributed by atoms with van der Waals surface area (Å²) < 4.78 is 11.2. The number of rotatable bonds is 3. The highest BCUT2D eigenvalue weighted by atomic mass is 16.5. The molecule has 0 unspecified atom stereocenters. The normalized spacial score (nSPS) is 16.9. The number of hydrogen-bond acceptors (Lipinski definition) is 5. The van der Waals surface area contributed by atoms with Gasteiger partial charge in [-0.15, -0.1) is 0 Å². The van der Waals surface area contributed by atoms with Crippen molar-refractivity contribution in [2.45, 2.75) is 6.10 Å². The van der Waals surface area contributed by atoms with Crippen LogP contribution in [0.1, 0.15) is 22.0 Å². The molecule has 3 aromatic carbocycles. The summed E-state index contributed by atoms with van der Waals surface area (Å²) in [5, 5.41) is 21.8. The van der Waals surface area contributed by atoms with E-state index >= 15 is 0 Å². The van der Waals surface area contributed by atoms with Gasteiger partial charge in [-0.25, -0.2) is 0 Å². The molecule has 1 fully saturated rings. The Bertz CT molecular complexity index is 1030. The zero-order valence-electron chi connectivity index (χ0n) is 15.5. The van der Waals surface area contributed by atoms with Crippen molar-refractivity contribution in [1.82, 2.24) is 4.90 Å². The molecule has 0 aromatic heterocycles. The van der Waals surface area contributed by atoms with Crippen molar-refractivity contribution in [2.24, 2.45) is 0 Å². The van der Waals surface area contributed by atoms with E-state index in [0.717, 1.165) is 22.1 Å². The predicted octanol–water partition coefficient (Wildman–Crippen LogP) is 3.47. The number of phenols is 2. The van der Waals surface area contributed by atoms with Gasteiger partial charge in [0, 0.05) is 6.54 Å². The number of carbonyl (C=O) groups is 1. The number of phenolic OH excluding ortho intramolecular Hbond substituents is 2. The number of benzene rings is 3. The van der Waals surface area contributed by atoms with Crippen LogP contribution in [0.2, 0.25) is 0 Å². The Morgan fingerprint density at radius 3 is 2.71 bits per heavy atom. The van der Waals surface area contributed by atoms with Crippen LogP contribution in [0, 0.1) is 0 Å². The van der Waals surface area contributed by atoms with Crippen LogP contribution in [-0.4, -0.2) is 47.8 Å². The fourth-order valence-corrected chi connectivity index (χ4v) is 3.48. The lowest BCUT2D eigenvalue weighted by Gasteiger charge is -2.33. The van der Waals surface area contributed by atoms with Crippen LogP contribution in [0.5, 0.6) is 17.2 Å². The highest BCUT2D eigenvalue weighted by molar-refractivity contribution is 5.97. The maximum atomic E-state index is 12.8. The molecule has 0 spiro atoms. The van der Waals surface area contributed by atoms with Crippen molar-refractivity contribution in [2.75, 3.05) is 26.8 Å². The molecule has 1 amide bonds. The Labute approximate surface area is 162 Å². The van der Waals surface area contributed by atoms with Crippen LogP contribution >= 0.6 is 0 Å². The molecular formula is C22H21NO5. The van der Waals surface area contributed by atoms with E-state index in [1.54, 1.807) is 12.0 Å². The maximum Gasteiger partial charge on any atom is 0.257 e. The molecule has 0 bridgehead atoms. The molecule has 1 saturated heterocycles. The molecule has 3 aromatic rings. The second-order valence-electron chi connectivity index (χ2n) is 6.76. The summed E-state index contributed by atoms with van der Waals surface area (Å²) in [4.78, 5) is 14.5. The van der Waals surface area contributed by atoms with Crippen molar-refractivity contribution in [3.63, 3.8) is 0 Å². The highest BCUT2D eigenvalue weighted by Crippen LogP contribution is 2.32. The monoisotopic (exact) mass is 379 g/mol. The Kier molecular flexibility index (Phi) is 4.79. The van der Waals surface area contributed by atoms with E-state index in [1.165, 1.54) is 18.2 Å². The van der Waals surface area contributed by atoms with E-state index in [4.69, 9.17) is 9.47 Å². The number of ether oxygens (including phenoxy) is 2. The van der Waals surface area contributed by atoms with E-state index in [2.05, 4.69) is 6.07 Å². The predicted molar refractivity (Wildman–Crippen MR) is 105 cm³/mol. The first kappa shape index (κ1) is 18.1. The number of amides is 1. The molecule has 1 aliphatic heterocycles. The molecule has 144 valence electrons. The molecule has 1 heterocycles. The topological polar surface area (TPSA) is 79.2 Å². The van der Waals surface area contributed by atoms with Gasteiger partial charge >= 0.3 is 0 Å². The van der Waals surface area contributed by atoms with E-state index in [0.29, 0.717) is 19.7 Å². The van der Waals surface area contributed by atoms with Gasteiger partial charge < -0.3 is 24.6 Å². The number of para-hydroxylation sites is 1. The second-order valence-corrected chi connectivity index (χ2v) is 6.76. The van der Waals surface area contributed by atoms with E-state index in [-0.39, 0.29) is 23.3 Å². The van der Waals surface area contributed by atoms with Crippen LogP contribution in [0.25, 0.3) is 10.8 Å². The fraction of sp³-hybridized carbons (Fsp3) is 0.227. The van der Waals surface area contributed by atoms with Crippen LogP contribution in [0.15, 0.2) is 54.6 Å². The summed E-state index contributed by atoms with van der Waals surface area (Å²) in [6, 6.07) is 16.3. The van der Waals surface area contributed by atoms with E-state index in [1.807, 2.05) is 30.3 Å². The van der Waals surface area contributed by atoms with Crippen LogP contribution in [0.3, 0.4) is 0 Å². The number of fused-ring (bicyclic) bond motifs is 1. The lowest BCUT2D eigenvalue weighted by atomic mass is 10.0. The fourth-order valence-electron chi connectivity index (χ4n) is 3.48. The lowest BCUT2D eigenvalue weighted by Crippen LogP contribution is -2.42. The summed E-state index contributed by atoms with van der Waals surface area (Å²) in [5.41, 5.74) is 1.07. The summed E-state index contributed by atoms with van der Waals surface area (Å²) >= 11 is 0. The second kappa shape index (κ2) is 7.40. The number of hydrogen-bond donors (Lipinski definition) is 2. The van der Waals surface area contributed by atoms with Crippen LogP contribution < -0.4 is 4.74 Å². The molecule has 0 saturated carbocycles. The van der Waals surface area contributed by atoms with Crippen molar-refractivity contribution >= 4 is 16.7 Å². The van der Waals surface area contributed by atoms with Gasteiger partial charge in [0.05, 0.1) is 25.8 Å². The molecule has 4 rings (SSSR count). The first-order valence-electron chi connectivity index (χ1n) is 9.06. The molecule has 0 radical (unpaired) electrons. The zero-order chi connectivity index (χ0) is 19.7. The van der Waals surface area contributed by atoms with Gasteiger partial charge in [-0.2, -0.15) is 0 Å². The Balaban J connectivity index is 1.57. The molecule has 1 atom stereocenters. The zero-order valence-corrected chi connectivity index (χ0v) is 15.5. The number of morpholine rings is 1. The van der Waals surface area contributed by atoms with Crippen molar-refractivity contribution in [3.8, 4) is 17.2 Å². The van der Waals surface area contributed by atoms with Gasteiger partial charge in [0.25, 0.3) is 5.91 Å². The Morgan fingerprint density at radius 2 is 1.89 bits per heavy atom. The largest absolute Gasteiger partial charge is 0.504 e. The molecule has 28 heavy (non-hydrogen) atoms. The minimum Gasteiger partial charge on any atom is -0.504 e.